The summed E-state index contributed by atoms with van der Waals surface area (Å²) in [5.41, 5.74) is 1.50. The molecule has 8 heteroatoms. The van der Waals surface area contributed by atoms with Gasteiger partial charge in [-0.2, -0.15) is 0 Å². The van der Waals surface area contributed by atoms with E-state index in [0.717, 1.165) is 0 Å². The van der Waals surface area contributed by atoms with E-state index in [9.17, 15) is 19.7 Å². The third-order valence-corrected chi connectivity index (χ3v) is 4.30. The summed E-state index contributed by atoms with van der Waals surface area (Å²) in [5.74, 6) is -0.704. The molecule has 8 nitrogen and oxygen atoms in total. The van der Waals surface area contributed by atoms with Crippen LogP contribution in [0.15, 0.2) is 48.5 Å². The number of nitrogens with one attached hydrogen (secondary N) is 1. The zero-order valence-electron chi connectivity index (χ0n) is 15.5. The van der Waals surface area contributed by atoms with Gasteiger partial charge in [-0.3, -0.25) is 14.9 Å². The Labute approximate surface area is 160 Å². The standard InChI is InChI=1S/C20H19N3O5/c1-3-28-20(25)18-19(15-10-9-14(23(26)27)11-16(15)21-18)22(2)12-17(24)13-7-5-4-6-8-13/h4-11,21H,3,12H2,1-2H3. The summed E-state index contributed by atoms with van der Waals surface area (Å²) < 4.78 is 5.10. The maximum Gasteiger partial charge on any atom is 0.356 e. The monoisotopic (exact) mass is 381 g/mol. The van der Waals surface area contributed by atoms with E-state index in [-0.39, 0.29) is 30.3 Å². The van der Waals surface area contributed by atoms with Crippen molar-refractivity contribution in [3.63, 3.8) is 0 Å². The first kappa shape index (κ1) is 19.1. The molecule has 0 bridgehead atoms. The number of Topliss-reactive ketones (excluding diaryl/α,β-unsaturated/α-hetero) is 1. The molecule has 0 fully saturated rings. The smallest absolute Gasteiger partial charge is 0.356 e. The van der Waals surface area contributed by atoms with Gasteiger partial charge in [-0.05, 0) is 13.0 Å². The van der Waals surface area contributed by atoms with Crippen LogP contribution in [-0.2, 0) is 4.74 Å². The fourth-order valence-corrected chi connectivity index (χ4v) is 3.04. The predicted octanol–water partition coefficient (Wildman–Crippen LogP) is 3.57. The van der Waals surface area contributed by atoms with E-state index in [1.807, 2.05) is 6.07 Å². The van der Waals surface area contributed by atoms with Gasteiger partial charge in [0, 0.05) is 30.1 Å². The molecule has 0 aliphatic heterocycles. The van der Waals surface area contributed by atoms with E-state index >= 15 is 0 Å². The van der Waals surface area contributed by atoms with Crippen molar-refractivity contribution >= 4 is 34.0 Å². The van der Waals surface area contributed by atoms with Crippen molar-refractivity contribution in [1.29, 1.82) is 0 Å². The van der Waals surface area contributed by atoms with Crippen molar-refractivity contribution in [2.24, 2.45) is 0 Å². The van der Waals surface area contributed by atoms with E-state index < -0.39 is 10.9 Å². The number of non-ortho nitro benzene ring substituents is 1. The van der Waals surface area contributed by atoms with Crippen LogP contribution >= 0.6 is 0 Å². The Hall–Kier alpha value is -3.68. The highest BCUT2D eigenvalue weighted by Gasteiger charge is 2.24. The molecule has 0 atom stereocenters. The molecular weight excluding hydrogens is 362 g/mol. The van der Waals surface area contributed by atoms with Crippen molar-refractivity contribution < 1.29 is 19.2 Å². The number of fused-ring (bicyclic) bond motifs is 1. The molecule has 2 aromatic carbocycles. The van der Waals surface area contributed by atoms with Gasteiger partial charge in [-0.15, -0.1) is 0 Å². The van der Waals surface area contributed by atoms with Gasteiger partial charge >= 0.3 is 5.97 Å². The minimum absolute atomic E-state index is 0.0281. The number of aromatic amines is 1. The quantitative estimate of drug-likeness (QED) is 0.290. The van der Waals surface area contributed by atoms with Crippen LogP contribution in [0.25, 0.3) is 10.9 Å². The van der Waals surface area contributed by atoms with Gasteiger partial charge < -0.3 is 14.6 Å². The first-order valence-corrected chi connectivity index (χ1v) is 8.69. The number of benzene rings is 2. The minimum atomic E-state index is -0.588. The summed E-state index contributed by atoms with van der Waals surface area (Å²) >= 11 is 0. The Kier molecular flexibility index (Phi) is 5.39. The highest BCUT2D eigenvalue weighted by molar-refractivity contribution is 6.08. The van der Waals surface area contributed by atoms with E-state index in [1.165, 1.54) is 12.1 Å². The van der Waals surface area contributed by atoms with Crippen LogP contribution in [0.3, 0.4) is 0 Å². The van der Waals surface area contributed by atoms with Crippen molar-refractivity contribution in [3.8, 4) is 0 Å². The lowest BCUT2D eigenvalue weighted by Gasteiger charge is -2.19. The van der Waals surface area contributed by atoms with Crippen molar-refractivity contribution in [3.05, 3.63) is 69.9 Å². The van der Waals surface area contributed by atoms with Crippen molar-refractivity contribution in [2.45, 2.75) is 6.92 Å². The molecule has 3 aromatic rings. The van der Waals surface area contributed by atoms with E-state index in [2.05, 4.69) is 4.98 Å². The Morgan fingerprint density at radius 3 is 2.54 bits per heavy atom. The number of nitro benzene ring substituents is 1. The molecule has 0 saturated carbocycles. The lowest BCUT2D eigenvalue weighted by atomic mass is 10.1. The minimum Gasteiger partial charge on any atom is -0.461 e. The highest BCUT2D eigenvalue weighted by Crippen LogP contribution is 2.33. The third-order valence-electron chi connectivity index (χ3n) is 4.30. The van der Waals surface area contributed by atoms with Crippen LogP contribution in [0.5, 0.6) is 0 Å². The zero-order chi connectivity index (χ0) is 20.3. The second-order valence-electron chi connectivity index (χ2n) is 6.20. The first-order chi connectivity index (χ1) is 13.4. The second-order valence-corrected chi connectivity index (χ2v) is 6.20. The average molecular weight is 381 g/mol. The number of ether oxygens (including phenoxy) is 1. The largest absolute Gasteiger partial charge is 0.461 e. The number of hydrogen-bond donors (Lipinski definition) is 1. The Bertz CT molecular complexity index is 1040. The number of anilines is 1. The molecule has 0 saturated heterocycles. The maximum atomic E-state index is 12.6. The molecular formula is C20H19N3O5. The summed E-state index contributed by atoms with van der Waals surface area (Å²) in [6.07, 6.45) is 0. The van der Waals surface area contributed by atoms with Crippen molar-refractivity contribution in [1.82, 2.24) is 4.98 Å². The van der Waals surface area contributed by atoms with E-state index in [4.69, 9.17) is 4.74 Å². The van der Waals surface area contributed by atoms with Crippen LogP contribution in [0, 0.1) is 10.1 Å². The van der Waals surface area contributed by atoms with Crippen LogP contribution in [0.2, 0.25) is 0 Å². The average Bonchev–Trinajstić information content (AvgIpc) is 3.07. The van der Waals surface area contributed by atoms with Crippen LogP contribution in [0.1, 0.15) is 27.8 Å². The van der Waals surface area contributed by atoms with Gasteiger partial charge in [0.2, 0.25) is 0 Å². The van der Waals surface area contributed by atoms with Crippen LogP contribution in [-0.4, -0.2) is 41.9 Å². The molecule has 3 rings (SSSR count). The maximum absolute atomic E-state index is 12.6. The molecule has 0 amide bonds. The Balaban J connectivity index is 2.03. The van der Waals surface area contributed by atoms with Gasteiger partial charge in [0.25, 0.3) is 5.69 Å². The Morgan fingerprint density at radius 2 is 1.89 bits per heavy atom. The van der Waals surface area contributed by atoms with E-state index in [1.54, 1.807) is 49.2 Å². The Morgan fingerprint density at radius 1 is 1.18 bits per heavy atom. The van der Waals surface area contributed by atoms with Gasteiger partial charge in [-0.25, -0.2) is 4.79 Å². The third kappa shape index (κ3) is 3.71. The van der Waals surface area contributed by atoms with E-state index in [0.29, 0.717) is 22.2 Å². The summed E-state index contributed by atoms with van der Waals surface area (Å²) in [6, 6.07) is 13.1. The fraction of sp³-hybridized carbons (Fsp3) is 0.200. The van der Waals surface area contributed by atoms with Crippen LogP contribution < -0.4 is 4.90 Å². The lowest BCUT2D eigenvalue weighted by Crippen LogP contribution is -2.27. The van der Waals surface area contributed by atoms with Crippen LogP contribution in [0.4, 0.5) is 11.4 Å². The second kappa shape index (κ2) is 7.91. The molecule has 0 aliphatic carbocycles. The van der Waals surface area contributed by atoms with Gasteiger partial charge in [-0.1, -0.05) is 30.3 Å². The number of carbonyl (C=O) groups excluding carboxylic acids is 2. The zero-order valence-corrected chi connectivity index (χ0v) is 15.5. The highest BCUT2D eigenvalue weighted by atomic mass is 16.6. The number of rotatable bonds is 7. The SMILES string of the molecule is CCOC(=O)c1[nH]c2cc([N+](=O)[O-])ccc2c1N(C)CC(=O)c1ccccc1. The number of aromatic nitrogens is 1. The first-order valence-electron chi connectivity index (χ1n) is 8.69. The molecule has 0 unspecified atom stereocenters. The topological polar surface area (TPSA) is 106 Å². The van der Waals surface area contributed by atoms with Gasteiger partial charge in [0.15, 0.2) is 5.78 Å². The molecule has 0 radical (unpaired) electrons. The fourth-order valence-electron chi connectivity index (χ4n) is 3.04. The number of nitro groups is 1. The number of esters is 1. The molecule has 0 aliphatic rings. The summed E-state index contributed by atoms with van der Waals surface area (Å²) in [4.78, 5) is 40.1. The summed E-state index contributed by atoms with van der Waals surface area (Å²) in [7, 11) is 1.69. The number of carbonyl (C=O) groups is 2. The van der Waals surface area contributed by atoms with Crippen molar-refractivity contribution in [2.75, 3.05) is 25.1 Å². The number of ketones is 1. The normalized spacial score (nSPS) is 10.6. The number of H-pyrrole nitrogens is 1. The molecule has 144 valence electrons. The molecule has 0 spiro atoms. The predicted molar refractivity (Wildman–Crippen MR) is 105 cm³/mol. The molecule has 1 N–H and O–H groups in total. The number of nitrogens with zero attached hydrogens (tertiary/aromatic N) is 2. The molecule has 1 heterocycles. The molecule has 28 heavy (non-hydrogen) atoms. The number of likely N-dealkylation sites (N-methyl/N-ethyl adjacent to an activating group) is 1. The summed E-state index contributed by atoms with van der Waals surface area (Å²) in [6.45, 7) is 1.90. The lowest BCUT2D eigenvalue weighted by molar-refractivity contribution is -0.384. The summed E-state index contributed by atoms with van der Waals surface area (Å²) in [5, 5.41) is 11.6. The number of hydrogen-bond acceptors (Lipinski definition) is 6. The molecule has 1 aromatic heterocycles. The van der Waals surface area contributed by atoms with Gasteiger partial charge in [0.05, 0.1) is 29.3 Å². The van der Waals surface area contributed by atoms with Gasteiger partial charge in [0.1, 0.15) is 5.69 Å².